The molecule has 0 amide bonds. The lowest BCUT2D eigenvalue weighted by Gasteiger charge is -2.61. The Kier molecular flexibility index (Phi) is 2.36. The molecule has 0 aromatic heterocycles. The molecule has 1 atom stereocenters. The molecule has 2 heteroatoms. The molecule has 0 aromatic carbocycles. The van der Waals surface area contributed by atoms with Gasteiger partial charge in [0.2, 0.25) is 0 Å². The third-order valence-electron chi connectivity index (χ3n) is 6.31. The Hall–Kier alpha value is -0.0800. The summed E-state index contributed by atoms with van der Waals surface area (Å²) in [7, 11) is 0. The van der Waals surface area contributed by atoms with E-state index in [4.69, 9.17) is 0 Å². The standard InChI is InChI=1S/C15H25NO/c17-15(14-3-1-2-4-16-14)12-6-10-5-11(8-12)9-13(15)7-10/h10-14,16-17H,1-9H2. The maximum Gasteiger partial charge on any atom is 0.0856 e. The summed E-state index contributed by atoms with van der Waals surface area (Å²) < 4.78 is 0. The molecule has 0 spiro atoms. The molecule has 0 aromatic rings. The summed E-state index contributed by atoms with van der Waals surface area (Å²) >= 11 is 0. The minimum absolute atomic E-state index is 0.339. The summed E-state index contributed by atoms with van der Waals surface area (Å²) in [5.74, 6) is 3.16. The van der Waals surface area contributed by atoms with Crippen LogP contribution in [0.15, 0.2) is 0 Å². The van der Waals surface area contributed by atoms with Crippen molar-refractivity contribution < 1.29 is 5.11 Å². The molecule has 0 radical (unpaired) electrons. The number of hydrogen-bond donors (Lipinski definition) is 2. The predicted octanol–water partition coefficient (Wildman–Crippen LogP) is 2.32. The van der Waals surface area contributed by atoms with Gasteiger partial charge in [-0.25, -0.2) is 0 Å². The van der Waals surface area contributed by atoms with E-state index in [2.05, 4.69) is 5.32 Å². The third kappa shape index (κ3) is 1.46. The van der Waals surface area contributed by atoms with E-state index in [1.165, 1.54) is 51.4 Å². The van der Waals surface area contributed by atoms with E-state index in [-0.39, 0.29) is 5.60 Å². The maximum atomic E-state index is 11.4. The molecule has 4 saturated carbocycles. The van der Waals surface area contributed by atoms with Crippen LogP contribution in [0.3, 0.4) is 0 Å². The van der Waals surface area contributed by atoms with Crippen molar-refractivity contribution >= 4 is 0 Å². The number of rotatable bonds is 1. The highest BCUT2D eigenvalue weighted by atomic mass is 16.3. The Labute approximate surface area is 104 Å². The summed E-state index contributed by atoms with van der Waals surface area (Å²) in [4.78, 5) is 0. The van der Waals surface area contributed by atoms with Crippen molar-refractivity contribution in [2.75, 3.05) is 6.54 Å². The van der Waals surface area contributed by atoms with Gasteiger partial charge in [0.05, 0.1) is 5.60 Å². The Balaban J connectivity index is 1.63. The fourth-order valence-corrected chi connectivity index (χ4v) is 5.75. The zero-order valence-corrected chi connectivity index (χ0v) is 10.7. The molecule has 5 fully saturated rings. The Morgan fingerprint density at radius 2 is 1.53 bits per heavy atom. The lowest BCUT2D eigenvalue weighted by atomic mass is 9.48. The van der Waals surface area contributed by atoms with Crippen molar-refractivity contribution in [1.82, 2.24) is 5.32 Å². The molecule has 1 saturated heterocycles. The fourth-order valence-electron chi connectivity index (χ4n) is 5.75. The Morgan fingerprint density at radius 3 is 2.06 bits per heavy atom. The van der Waals surface area contributed by atoms with Gasteiger partial charge in [-0.1, -0.05) is 6.42 Å². The highest BCUT2D eigenvalue weighted by Gasteiger charge is 2.59. The van der Waals surface area contributed by atoms with E-state index in [9.17, 15) is 5.11 Å². The SMILES string of the molecule is OC1(C2CCCCN2)C2CC3CC(C2)CC1C3. The first-order valence-corrected chi connectivity index (χ1v) is 7.72. The highest BCUT2D eigenvalue weighted by molar-refractivity contribution is 5.11. The van der Waals surface area contributed by atoms with Gasteiger partial charge >= 0.3 is 0 Å². The van der Waals surface area contributed by atoms with E-state index in [0.717, 1.165) is 18.4 Å². The number of aliphatic hydroxyl groups is 1. The van der Waals surface area contributed by atoms with Crippen molar-refractivity contribution in [1.29, 1.82) is 0 Å². The summed E-state index contributed by atoms with van der Waals surface area (Å²) in [5.41, 5.74) is -0.339. The minimum Gasteiger partial charge on any atom is -0.388 e. The number of piperidine rings is 1. The van der Waals surface area contributed by atoms with E-state index < -0.39 is 0 Å². The van der Waals surface area contributed by atoms with Gasteiger partial charge in [0.15, 0.2) is 0 Å². The van der Waals surface area contributed by atoms with Crippen LogP contribution in [0.4, 0.5) is 0 Å². The van der Waals surface area contributed by atoms with Crippen LogP contribution in [-0.4, -0.2) is 23.3 Å². The van der Waals surface area contributed by atoms with E-state index in [0.29, 0.717) is 17.9 Å². The van der Waals surface area contributed by atoms with Crippen molar-refractivity contribution in [3.63, 3.8) is 0 Å². The Morgan fingerprint density at radius 1 is 0.882 bits per heavy atom. The quantitative estimate of drug-likeness (QED) is 0.731. The van der Waals surface area contributed by atoms with Crippen LogP contribution >= 0.6 is 0 Å². The maximum absolute atomic E-state index is 11.4. The van der Waals surface area contributed by atoms with Crippen LogP contribution in [0.5, 0.6) is 0 Å². The first-order chi connectivity index (χ1) is 8.27. The van der Waals surface area contributed by atoms with Crippen LogP contribution in [0, 0.1) is 23.7 Å². The predicted molar refractivity (Wildman–Crippen MR) is 67.6 cm³/mol. The molecule has 2 nitrogen and oxygen atoms in total. The van der Waals surface area contributed by atoms with Crippen LogP contribution in [0.1, 0.15) is 51.4 Å². The largest absolute Gasteiger partial charge is 0.388 e. The molecular formula is C15H25NO. The molecule has 1 unspecified atom stereocenters. The van der Waals surface area contributed by atoms with Crippen LogP contribution in [0.25, 0.3) is 0 Å². The second-order valence-corrected chi connectivity index (χ2v) is 7.19. The van der Waals surface area contributed by atoms with Gasteiger partial charge in [-0.2, -0.15) is 0 Å². The molecule has 96 valence electrons. The van der Waals surface area contributed by atoms with Gasteiger partial charge in [0, 0.05) is 6.04 Å². The first kappa shape index (κ1) is 10.8. The summed E-state index contributed by atoms with van der Waals surface area (Å²) in [6.45, 7) is 1.12. The minimum atomic E-state index is -0.339. The van der Waals surface area contributed by atoms with Gasteiger partial charge in [-0.15, -0.1) is 0 Å². The molecule has 4 aliphatic carbocycles. The van der Waals surface area contributed by atoms with Gasteiger partial charge in [-0.05, 0) is 75.2 Å². The topological polar surface area (TPSA) is 32.3 Å². The van der Waals surface area contributed by atoms with Crippen LogP contribution < -0.4 is 5.32 Å². The lowest BCUT2D eigenvalue weighted by Crippen LogP contribution is -2.67. The van der Waals surface area contributed by atoms with E-state index in [1.54, 1.807) is 0 Å². The molecular weight excluding hydrogens is 210 g/mol. The molecule has 1 heterocycles. The fraction of sp³-hybridized carbons (Fsp3) is 1.00. The van der Waals surface area contributed by atoms with Crippen molar-refractivity contribution in [2.24, 2.45) is 23.7 Å². The van der Waals surface area contributed by atoms with Gasteiger partial charge in [0.1, 0.15) is 0 Å². The highest BCUT2D eigenvalue weighted by Crippen LogP contribution is 2.59. The first-order valence-electron chi connectivity index (χ1n) is 7.72. The van der Waals surface area contributed by atoms with Crippen LogP contribution in [-0.2, 0) is 0 Å². The average molecular weight is 235 g/mol. The monoisotopic (exact) mass is 235 g/mol. The lowest BCUT2D eigenvalue weighted by molar-refractivity contribution is -0.192. The van der Waals surface area contributed by atoms with Crippen molar-refractivity contribution in [3.8, 4) is 0 Å². The van der Waals surface area contributed by atoms with Crippen molar-refractivity contribution in [2.45, 2.75) is 63.0 Å². The summed E-state index contributed by atoms with van der Waals surface area (Å²) in [6, 6.07) is 0.409. The second kappa shape index (κ2) is 3.71. The average Bonchev–Trinajstić information content (AvgIpc) is 2.36. The van der Waals surface area contributed by atoms with Gasteiger partial charge in [-0.3, -0.25) is 0 Å². The smallest absolute Gasteiger partial charge is 0.0856 e. The third-order valence-corrected chi connectivity index (χ3v) is 6.31. The van der Waals surface area contributed by atoms with Gasteiger partial charge in [0.25, 0.3) is 0 Å². The molecule has 2 N–H and O–H groups in total. The van der Waals surface area contributed by atoms with E-state index >= 15 is 0 Å². The van der Waals surface area contributed by atoms with E-state index in [1.807, 2.05) is 0 Å². The zero-order chi connectivity index (χ0) is 11.5. The Bertz CT molecular complexity index is 275. The van der Waals surface area contributed by atoms with Gasteiger partial charge < -0.3 is 10.4 Å². The van der Waals surface area contributed by atoms with Crippen molar-refractivity contribution in [3.05, 3.63) is 0 Å². The second-order valence-electron chi connectivity index (χ2n) is 7.19. The molecule has 5 rings (SSSR count). The summed E-state index contributed by atoms with van der Waals surface area (Å²) in [6.07, 6.45) is 10.6. The molecule has 5 aliphatic rings. The molecule has 17 heavy (non-hydrogen) atoms. The number of nitrogens with one attached hydrogen (secondary N) is 1. The zero-order valence-electron chi connectivity index (χ0n) is 10.7. The molecule has 4 bridgehead atoms. The molecule has 1 aliphatic heterocycles. The summed E-state index contributed by atoms with van der Waals surface area (Å²) in [5, 5.41) is 15.0. The van der Waals surface area contributed by atoms with Crippen LogP contribution in [0.2, 0.25) is 0 Å². The normalized spacial score (nSPS) is 57.4. The number of hydrogen-bond acceptors (Lipinski definition) is 2.